The van der Waals surface area contributed by atoms with Crippen molar-refractivity contribution in [2.24, 2.45) is 0 Å². The van der Waals surface area contributed by atoms with Gasteiger partial charge in [0.1, 0.15) is 23.9 Å². The van der Waals surface area contributed by atoms with E-state index >= 15 is 0 Å². The van der Waals surface area contributed by atoms with Crippen LogP contribution in [0.25, 0.3) is 0 Å². The van der Waals surface area contributed by atoms with Crippen LogP contribution in [0.1, 0.15) is 17.0 Å². The highest BCUT2D eigenvalue weighted by molar-refractivity contribution is 6.30. The molecular formula is C23H20ClNO3. The lowest BCUT2D eigenvalue weighted by atomic mass is 9.87. The van der Waals surface area contributed by atoms with E-state index in [1.807, 2.05) is 60.7 Å². The quantitative estimate of drug-likeness (QED) is 0.604. The fourth-order valence-electron chi connectivity index (χ4n) is 3.34. The first-order chi connectivity index (χ1) is 13.6. The van der Waals surface area contributed by atoms with Crippen LogP contribution in [0.15, 0.2) is 72.8 Å². The lowest BCUT2D eigenvalue weighted by molar-refractivity contribution is -0.131. The van der Waals surface area contributed by atoms with Crippen molar-refractivity contribution < 1.29 is 14.3 Å². The zero-order valence-electron chi connectivity index (χ0n) is 15.5. The van der Waals surface area contributed by atoms with Crippen molar-refractivity contribution >= 4 is 17.5 Å². The molecule has 1 aliphatic heterocycles. The summed E-state index contributed by atoms with van der Waals surface area (Å²) in [6.07, 6.45) is 0. The van der Waals surface area contributed by atoms with Gasteiger partial charge in [0.25, 0.3) is 0 Å². The molecule has 0 unspecified atom stereocenters. The molecule has 28 heavy (non-hydrogen) atoms. The highest BCUT2D eigenvalue weighted by Crippen LogP contribution is 2.44. The lowest BCUT2D eigenvalue weighted by Gasteiger charge is -2.30. The number of fused-ring (bicyclic) bond motifs is 2. The van der Waals surface area contributed by atoms with E-state index < -0.39 is 0 Å². The first kappa shape index (κ1) is 18.4. The molecule has 0 bridgehead atoms. The van der Waals surface area contributed by atoms with Crippen LogP contribution in [0.3, 0.4) is 0 Å². The highest BCUT2D eigenvalue weighted by atomic mass is 35.5. The summed E-state index contributed by atoms with van der Waals surface area (Å²) in [5.41, 5.74) is 1.77. The Kier molecular flexibility index (Phi) is 5.22. The number of nitrogens with zero attached hydrogens (tertiary/aromatic N) is 1. The summed E-state index contributed by atoms with van der Waals surface area (Å²) in [6, 6.07) is 22.6. The van der Waals surface area contributed by atoms with Crippen molar-refractivity contribution in [3.63, 3.8) is 0 Å². The van der Waals surface area contributed by atoms with Gasteiger partial charge >= 0.3 is 0 Å². The fourth-order valence-corrected chi connectivity index (χ4v) is 3.46. The number of amides is 1. The molecule has 3 aromatic rings. The molecule has 0 saturated carbocycles. The Hall–Kier alpha value is -2.98. The fraction of sp³-hybridized carbons (Fsp3) is 0.174. The molecule has 3 aromatic carbocycles. The third-order valence-electron chi connectivity index (χ3n) is 4.81. The minimum absolute atomic E-state index is 0.0166. The van der Waals surface area contributed by atoms with Gasteiger partial charge in [-0.25, -0.2) is 0 Å². The van der Waals surface area contributed by atoms with E-state index in [1.54, 1.807) is 24.1 Å². The molecule has 142 valence electrons. The van der Waals surface area contributed by atoms with Gasteiger partial charge in [-0.15, -0.1) is 0 Å². The Balaban J connectivity index is 1.50. The summed E-state index contributed by atoms with van der Waals surface area (Å²) in [6.45, 7) is 0.875. The van der Waals surface area contributed by atoms with Crippen molar-refractivity contribution in [1.29, 1.82) is 0 Å². The second kappa shape index (κ2) is 7.95. The highest BCUT2D eigenvalue weighted by Gasteiger charge is 2.33. The second-order valence-electron chi connectivity index (χ2n) is 6.67. The maximum atomic E-state index is 13.3. The van der Waals surface area contributed by atoms with Crippen molar-refractivity contribution in [3.8, 4) is 17.2 Å². The van der Waals surface area contributed by atoms with Crippen LogP contribution in [0, 0.1) is 0 Å². The molecule has 0 saturated heterocycles. The van der Waals surface area contributed by atoms with E-state index in [-0.39, 0.29) is 11.8 Å². The molecule has 0 aromatic heterocycles. The number of ether oxygens (including phenoxy) is 2. The zero-order chi connectivity index (χ0) is 19.5. The number of halogens is 1. The summed E-state index contributed by atoms with van der Waals surface area (Å²) in [5.74, 6) is 1.81. The number of carbonyl (C=O) groups is 1. The van der Waals surface area contributed by atoms with Gasteiger partial charge in [-0.3, -0.25) is 4.79 Å². The average molecular weight is 394 g/mol. The van der Waals surface area contributed by atoms with Gasteiger partial charge in [0.15, 0.2) is 0 Å². The Morgan fingerprint density at radius 3 is 2.14 bits per heavy atom. The first-order valence-corrected chi connectivity index (χ1v) is 9.50. The molecule has 1 amide bonds. The van der Waals surface area contributed by atoms with E-state index in [4.69, 9.17) is 21.1 Å². The molecule has 0 atom stereocenters. The predicted molar refractivity (Wildman–Crippen MR) is 109 cm³/mol. The summed E-state index contributed by atoms with van der Waals surface area (Å²) in [5, 5.41) is 0.663. The minimum atomic E-state index is -0.387. The van der Waals surface area contributed by atoms with Gasteiger partial charge < -0.3 is 14.4 Å². The monoisotopic (exact) mass is 393 g/mol. The predicted octanol–water partition coefficient (Wildman–Crippen LogP) is 5.12. The molecule has 0 aliphatic carbocycles. The molecule has 1 heterocycles. The van der Waals surface area contributed by atoms with E-state index in [0.29, 0.717) is 18.2 Å². The number of para-hydroxylation sites is 2. The summed E-state index contributed by atoms with van der Waals surface area (Å²) in [4.78, 5) is 15.0. The van der Waals surface area contributed by atoms with E-state index in [2.05, 4.69) is 0 Å². The average Bonchev–Trinajstić information content (AvgIpc) is 2.72. The van der Waals surface area contributed by atoms with E-state index in [1.165, 1.54) is 0 Å². The van der Waals surface area contributed by atoms with Gasteiger partial charge in [0.2, 0.25) is 5.91 Å². The summed E-state index contributed by atoms with van der Waals surface area (Å²) in [7, 11) is 1.80. The second-order valence-corrected chi connectivity index (χ2v) is 7.11. The van der Waals surface area contributed by atoms with Crippen LogP contribution >= 0.6 is 11.6 Å². The molecule has 4 rings (SSSR count). The first-order valence-electron chi connectivity index (χ1n) is 9.12. The van der Waals surface area contributed by atoms with E-state index in [0.717, 1.165) is 28.4 Å². The Morgan fingerprint density at radius 2 is 1.54 bits per heavy atom. The van der Waals surface area contributed by atoms with Crippen LogP contribution in [-0.2, 0) is 4.79 Å². The third-order valence-corrected chi connectivity index (χ3v) is 5.06. The molecule has 1 aliphatic rings. The van der Waals surface area contributed by atoms with Crippen molar-refractivity contribution in [2.75, 3.05) is 20.2 Å². The Bertz CT molecular complexity index is 942. The largest absolute Gasteiger partial charge is 0.492 e. The maximum Gasteiger partial charge on any atom is 0.234 e. The van der Waals surface area contributed by atoms with Crippen LogP contribution < -0.4 is 9.47 Å². The lowest BCUT2D eigenvalue weighted by Crippen LogP contribution is -2.36. The number of rotatable bonds is 5. The molecule has 4 nitrogen and oxygen atoms in total. The molecule has 0 fully saturated rings. The zero-order valence-corrected chi connectivity index (χ0v) is 16.2. The molecule has 5 heteroatoms. The van der Waals surface area contributed by atoms with Crippen LogP contribution in [0.2, 0.25) is 5.02 Å². The third kappa shape index (κ3) is 3.69. The van der Waals surface area contributed by atoms with Crippen molar-refractivity contribution in [2.45, 2.75) is 5.92 Å². The van der Waals surface area contributed by atoms with Crippen LogP contribution in [0.4, 0.5) is 0 Å². The number of carbonyl (C=O) groups excluding carboxylic acids is 1. The SMILES string of the molecule is CN(CCOc1ccc(Cl)cc1)C(=O)C1c2ccccc2Oc2ccccc21. The number of likely N-dealkylation sites (N-methyl/N-ethyl adjacent to an activating group) is 1. The van der Waals surface area contributed by atoms with Crippen molar-refractivity contribution in [3.05, 3.63) is 88.9 Å². The smallest absolute Gasteiger partial charge is 0.234 e. The summed E-state index contributed by atoms with van der Waals surface area (Å²) >= 11 is 5.89. The minimum Gasteiger partial charge on any atom is -0.492 e. The number of benzene rings is 3. The number of hydrogen-bond donors (Lipinski definition) is 0. The molecule has 0 radical (unpaired) electrons. The summed E-state index contributed by atoms with van der Waals surface area (Å²) < 4.78 is 11.7. The van der Waals surface area contributed by atoms with Crippen LogP contribution in [0.5, 0.6) is 17.2 Å². The molecule has 0 N–H and O–H groups in total. The van der Waals surface area contributed by atoms with Gasteiger partial charge in [0, 0.05) is 23.2 Å². The van der Waals surface area contributed by atoms with Gasteiger partial charge in [0.05, 0.1) is 12.5 Å². The van der Waals surface area contributed by atoms with Crippen molar-refractivity contribution in [1.82, 2.24) is 4.90 Å². The number of hydrogen-bond acceptors (Lipinski definition) is 3. The Labute approximate surface area is 169 Å². The van der Waals surface area contributed by atoms with E-state index in [9.17, 15) is 4.79 Å². The van der Waals surface area contributed by atoms with Gasteiger partial charge in [-0.05, 0) is 36.4 Å². The van der Waals surface area contributed by atoms with Gasteiger partial charge in [-0.1, -0.05) is 48.0 Å². The standard InChI is InChI=1S/C23H20ClNO3/c1-25(14-15-27-17-12-10-16(24)11-13-17)23(26)22-18-6-2-4-8-20(18)28-21-9-5-3-7-19(21)22/h2-13,22H,14-15H2,1H3. The normalized spacial score (nSPS) is 12.5. The van der Waals surface area contributed by atoms with Gasteiger partial charge in [-0.2, -0.15) is 0 Å². The molecule has 0 spiro atoms. The maximum absolute atomic E-state index is 13.3. The Morgan fingerprint density at radius 1 is 0.964 bits per heavy atom. The topological polar surface area (TPSA) is 38.8 Å². The molecular weight excluding hydrogens is 374 g/mol. The van der Waals surface area contributed by atoms with Crippen LogP contribution in [-0.4, -0.2) is 31.0 Å².